The van der Waals surface area contributed by atoms with E-state index in [2.05, 4.69) is 21.4 Å². The molecule has 5 nitrogen and oxygen atoms in total. The van der Waals surface area contributed by atoms with Gasteiger partial charge in [0.2, 0.25) is 0 Å². The summed E-state index contributed by atoms with van der Waals surface area (Å²) in [6.45, 7) is 3.75. The largest absolute Gasteiger partial charge is 0.338 e. The van der Waals surface area contributed by atoms with Crippen LogP contribution < -0.4 is 5.32 Å². The summed E-state index contributed by atoms with van der Waals surface area (Å²) >= 11 is 5.94. The maximum Gasteiger partial charge on any atom is 0.252 e. The molecule has 0 spiro atoms. The maximum absolute atomic E-state index is 12.8. The van der Waals surface area contributed by atoms with Gasteiger partial charge >= 0.3 is 0 Å². The number of hydrogen-bond acceptors (Lipinski definition) is 4. The highest BCUT2D eigenvalue weighted by atomic mass is 35.5. The Morgan fingerprint density at radius 1 is 1.07 bits per heavy atom. The first-order chi connectivity index (χ1) is 13.0. The van der Waals surface area contributed by atoms with Crippen LogP contribution in [0.25, 0.3) is 0 Å². The van der Waals surface area contributed by atoms with Gasteiger partial charge in [-0.3, -0.25) is 14.8 Å². The molecule has 1 N–H and O–H groups in total. The SMILES string of the molecule is Cc1ccc([C@H](NC(=O)c2ccc(C#N)c(C)c2)c2ccc(Cl)cn2)nc1. The zero-order valence-electron chi connectivity index (χ0n) is 14.9. The van der Waals surface area contributed by atoms with E-state index < -0.39 is 6.04 Å². The van der Waals surface area contributed by atoms with Crippen LogP contribution >= 0.6 is 11.6 Å². The summed E-state index contributed by atoms with van der Waals surface area (Å²) in [6, 6.07) is 13.8. The molecule has 0 bridgehead atoms. The van der Waals surface area contributed by atoms with E-state index in [-0.39, 0.29) is 5.91 Å². The Morgan fingerprint density at radius 3 is 2.33 bits per heavy atom. The molecule has 1 amide bonds. The summed E-state index contributed by atoms with van der Waals surface area (Å²) in [5.41, 5.74) is 4.10. The molecule has 2 aromatic heterocycles. The van der Waals surface area contributed by atoms with Crippen molar-refractivity contribution in [1.29, 1.82) is 5.26 Å². The lowest BCUT2D eigenvalue weighted by Gasteiger charge is -2.18. The third-order valence-electron chi connectivity index (χ3n) is 4.16. The Morgan fingerprint density at radius 2 is 1.78 bits per heavy atom. The molecule has 6 heteroatoms. The van der Waals surface area contributed by atoms with Gasteiger partial charge < -0.3 is 5.32 Å². The van der Waals surface area contributed by atoms with E-state index in [1.54, 1.807) is 43.5 Å². The van der Waals surface area contributed by atoms with Crippen molar-refractivity contribution in [3.63, 3.8) is 0 Å². The van der Waals surface area contributed by atoms with Crippen molar-refractivity contribution in [1.82, 2.24) is 15.3 Å². The molecule has 3 aromatic rings. The molecule has 27 heavy (non-hydrogen) atoms. The van der Waals surface area contributed by atoms with Crippen LogP contribution in [0.3, 0.4) is 0 Å². The van der Waals surface area contributed by atoms with Gasteiger partial charge in [0.1, 0.15) is 6.04 Å². The Kier molecular flexibility index (Phi) is 5.49. The number of benzene rings is 1. The van der Waals surface area contributed by atoms with Gasteiger partial charge in [0.15, 0.2) is 0 Å². The number of rotatable bonds is 4. The number of halogens is 1. The molecule has 1 aromatic carbocycles. The monoisotopic (exact) mass is 376 g/mol. The molecule has 0 aliphatic heterocycles. The number of pyridine rings is 2. The average molecular weight is 377 g/mol. The van der Waals surface area contributed by atoms with Gasteiger partial charge in [-0.1, -0.05) is 17.7 Å². The Hall–Kier alpha value is -3.23. The topological polar surface area (TPSA) is 78.7 Å². The molecule has 0 unspecified atom stereocenters. The van der Waals surface area contributed by atoms with E-state index in [1.807, 2.05) is 19.1 Å². The number of carbonyl (C=O) groups excluding carboxylic acids is 1. The smallest absolute Gasteiger partial charge is 0.252 e. The van der Waals surface area contributed by atoms with Gasteiger partial charge in [-0.25, -0.2) is 0 Å². The third-order valence-corrected chi connectivity index (χ3v) is 4.38. The number of aryl methyl sites for hydroxylation is 2. The normalized spacial score (nSPS) is 11.5. The standard InChI is InChI=1S/C21H17ClN4O/c1-13-3-7-18(24-11-13)20(19-8-6-17(22)12-25-19)26-21(27)15-4-5-16(10-23)14(2)9-15/h3-9,11-12,20H,1-2H3,(H,26,27)/t20-/m0/s1. The Bertz CT molecular complexity index is 962. The summed E-state index contributed by atoms with van der Waals surface area (Å²) in [6.07, 6.45) is 3.28. The van der Waals surface area contributed by atoms with Gasteiger partial charge in [-0.2, -0.15) is 5.26 Å². The predicted octanol–water partition coefficient (Wildman–Crippen LogP) is 4.14. The zero-order chi connectivity index (χ0) is 19.4. The number of nitriles is 1. The molecule has 134 valence electrons. The number of nitrogens with one attached hydrogen (secondary N) is 1. The molecule has 0 aliphatic carbocycles. The van der Waals surface area contributed by atoms with E-state index in [4.69, 9.17) is 16.9 Å². The van der Waals surface area contributed by atoms with E-state index >= 15 is 0 Å². The molecule has 3 rings (SSSR count). The van der Waals surface area contributed by atoms with Crippen LogP contribution in [0, 0.1) is 25.2 Å². The van der Waals surface area contributed by atoms with Crippen molar-refractivity contribution in [2.45, 2.75) is 19.9 Å². The summed E-state index contributed by atoms with van der Waals surface area (Å²) in [5, 5.41) is 12.6. The molecule has 2 heterocycles. The van der Waals surface area contributed by atoms with Crippen molar-refractivity contribution in [3.8, 4) is 6.07 Å². The fourth-order valence-corrected chi connectivity index (χ4v) is 2.76. The van der Waals surface area contributed by atoms with Gasteiger partial charge in [0.05, 0.1) is 28.0 Å². The van der Waals surface area contributed by atoms with Crippen molar-refractivity contribution in [2.24, 2.45) is 0 Å². The van der Waals surface area contributed by atoms with Crippen molar-refractivity contribution >= 4 is 17.5 Å². The van der Waals surface area contributed by atoms with Crippen LogP contribution in [0.5, 0.6) is 0 Å². The number of aromatic nitrogens is 2. The molecule has 0 aliphatic rings. The highest BCUT2D eigenvalue weighted by Crippen LogP contribution is 2.21. The van der Waals surface area contributed by atoms with E-state index in [1.165, 1.54) is 6.20 Å². The van der Waals surface area contributed by atoms with Crippen LogP contribution in [0.15, 0.2) is 54.9 Å². The molecule has 0 saturated heterocycles. The minimum absolute atomic E-state index is 0.272. The van der Waals surface area contributed by atoms with Crippen LogP contribution in [0.1, 0.15) is 44.5 Å². The fraction of sp³-hybridized carbons (Fsp3) is 0.143. The summed E-state index contributed by atoms with van der Waals surface area (Å²) in [5.74, 6) is -0.272. The highest BCUT2D eigenvalue weighted by molar-refractivity contribution is 6.30. The molecule has 1 atom stereocenters. The molecule has 0 fully saturated rings. The summed E-state index contributed by atoms with van der Waals surface area (Å²) < 4.78 is 0. The Labute approximate surface area is 162 Å². The lowest BCUT2D eigenvalue weighted by Crippen LogP contribution is -2.30. The molecular formula is C21H17ClN4O. The van der Waals surface area contributed by atoms with Gasteiger partial charge in [0.25, 0.3) is 5.91 Å². The minimum atomic E-state index is -0.522. The third kappa shape index (κ3) is 4.30. The summed E-state index contributed by atoms with van der Waals surface area (Å²) in [4.78, 5) is 21.6. The van der Waals surface area contributed by atoms with Crippen LogP contribution in [0.4, 0.5) is 0 Å². The van der Waals surface area contributed by atoms with Crippen LogP contribution in [-0.2, 0) is 0 Å². The molecule has 0 saturated carbocycles. The fourth-order valence-electron chi connectivity index (χ4n) is 2.65. The molecular weight excluding hydrogens is 360 g/mol. The lowest BCUT2D eigenvalue weighted by molar-refractivity contribution is 0.0941. The summed E-state index contributed by atoms with van der Waals surface area (Å²) in [7, 11) is 0. The first kappa shape index (κ1) is 18.6. The van der Waals surface area contributed by atoms with Gasteiger partial charge in [-0.05, 0) is 61.4 Å². The second-order valence-electron chi connectivity index (χ2n) is 6.21. The Balaban J connectivity index is 1.94. The first-order valence-electron chi connectivity index (χ1n) is 8.33. The van der Waals surface area contributed by atoms with Crippen LogP contribution in [-0.4, -0.2) is 15.9 Å². The minimum Gasteiger partial charge on any atom is -0.338 e. The average Bonchev–Trinajstić information content (AvgIpc) is 2.67. The second-order valence-corrected chi connectivity index (χ2v) is 6.65. The van der Waals surface area contributed by atoms with Gasteiger partial charge in [-0.15, -0.1) is 0 Å². The van der Waals surface area contributed by atoms with E-state index in [0.717, 1.165) is 11.1 Å². The van der Waals surface area contributed by atoms with Gasteiger partial charge in [0, 0.05) is 18.0 Å². The highest BCUT2D eigenvalue weighted by Gasteiger charge is 2.20. The number of hydrogen-bond donors (Lipinski definition) is 1. The lowest BCUT2D eigenvalue weighted by atomic mass is 10.0. The molecule has 0 radical (unpaired) electrons. The van der Waals surface area contributed by atoms with E-state index in [0.29, 0.717) is 27.5 Å². The van der Waals surface area contributed by atoms with Crippen molar-refractivity contribution in [3.05, 3.63) is 93.5 Å². The van der Waals surface area contributed by atoms with E-state index in [9.17, 15) is 4.79 Å². The zero-order valence-corrected chi connectivity index (χ0v) is 15.7. The van der Waals surface area contributed by atoms with Crippen molar-refractivity contribution < 1.29 is 4.79 Å². The van der Waals surface area contributed by atoms with Crippen molar-refractivity contribution in [2.75, 3.05) is 0 Å². The quantitative estimate of drug-likeness (QED) is 0.742. The number of carbonyl (C=O) groups is 1. The first-order valence-corrected chi connectivity index (χ1v) is 8.71. The maximum atomic E-state index is 12.8. The van der Waals surface area contributed by atoms with Crippen LogP contribution in [0.2, 0.25) is 5.02 Å². The number of amides is 1. The number of nitrogens with zero attached hydrogens (tertiary/aromatic N) is 3. The second kappa shape index (κ2) is 7.98. The predicted molar refractivity (Wildman–Crippen MR) is 103 cm³/mol.